The lowest BCUT2D eigenvalue weighted by Crippen LogP contribution is -2.53. The van der Waals surface area contributed by atoms with E-state index in [1.165, 1.54) is 11.3 Å². The van der Waals surface area contributed by atoms with Crippen molar-refractivity contribution in [3.8, 4) is 0 Å². The largest absolute Gasteiger partial charge is 0.462 e. The van der Waals surface area contributed by atoms with Crippen molar-refractivity contribution in [3.63, 3.8) is 0 Å². The van der Waals surface area contributed by atoms with Crippen LogP contribution < -0.4 is 10.6 Å². The van der Waals surface area contributed by atoms with Crippen LogP contribution in [-0.4, -0.2) is 84.1 Å². The molecule has 2 N–H and O–H groups in total. The summed E-state index contributed by atoms with van der Waals surface area (Å²) in [5.74, 6) is 0.643. The highest BCUT2D eigenvalue weighted by Gasteiger charge is 2.33. The lowest BCUT2D eigenvalue weighted by atomic mass is 10.1. The van der Waals surface area contributed by atoms with Gasteiger partial charge in [-0.05, 0) is 33.4 Å². The number of carbonyl (C=O) groups excluding carboxylic acids is 2. The number of aromatic nitrogens is 2. The number of hydrogen-bond donors (Lipinski definition) is 1. The first-order valence-electron chi connectivity index (χ1n) is 9.95. The molecule has 9 nitrogen and oxygen atoms in total. The van der Waals surface area contributed by atoms with Crippen LogP contribution in [0.2, 0.25) is 0 Å². The Bertz CT molecular complexity index is 924. The first-order chi connectivity index (χ1) is 14.0. The summed E-state index contributed by atoms with van der Waals surface area (Å²) in [6.07, 6.45) is 2.00. The van der Waals surface area contributed by atoms with Gasteiger partial charge in [0.05, 0.1) is 23.6 Å². The van der Waals surface area contributed by atoms with E-state index >= 15 is 0 Å². The van der Waals surface area contributed by atoms with Gasteiger partial charge in [0.2, 0.25) is 11.9 Å². The van der Waals surface area contributed by atoms with Crippen molar-refractivity contribution < 1.29 is 14.3 Å². The van der Waals surface area contributed by atoms with Gasteiger partial charge in [0.1, 0.15) is 10.6 Å². The smallest absolute Gasteiger partial charge is 0.339 e. The van der Waals surface area contributed by atoms with Crippen LogP contribution in [0.5, 0.6) is 0 Å². The van der Waals surface area contributed by atoms with E-state index in [-0.39, 0.29) is 23.9 Å². The maximum absolute atomic E-state index is 12.9. The molecule has 2 saturated heterocycles. The van der Waals surface area contributed by atoms with E-state index < -0.39 is 0 Å². The van der Waals surface area contributed by atoms with E-state index in [0.717, 1.165) is 19.4 Å². The molecule has 0 aliphatic carbocycles. The maximum atomic E-state index is 12.9. The Hall–Kier alpha value is -2.46. The van der Waals surface area contributed by atoms with Crippen LogP contribution in [0.4, 0.5) is 11.8 Å². The second-order valence-electron chi connectivity index (χ2n) is 7.41. The minimum absolute atomic E-state index is 0.00441. The van der Waals surface area contributed by atoms with Crippen molar-refractivity contribution in [3.05, 3.63) is 10.9 Å². The molecule has 10 heteroatoms. The van der Waals surface area contributed by atoms with Gasteiger partial charge in [0, 0.05) is 31.6 Å². The number of rotatable bonds is 4. The van der Waals surface area contributed by atoms with Gasteiger partial charge in [0.25, 0.3) is 0 Å². The number of likely N-dealkylation sites (tertiary alicyclic amines) is 1. The average molecular weight is 419 g/mol. The van der Waals surface area contributed by atoms with Crippen LogP contribution in [0, 0.1) is 0 Å². The van der Waals surface area contributed by atoms with Gasteiger partial charge in [-0.1, -0.05) is 0 Å². The van der Waals surface area contributed by atoms with E-state index in [2.05, 4.69) is 19.8 Å². The molecule has 1 amide bonds. The zero-order valence-electron chi connectivity index (χ0n) is 16.8. The van der Waals surface area contributed by atoms with Gasteiger partial charge in [-0.25, -0.2) is 9.78 Å². The van der Waals surface area contributed by atoms with Crippen LogP contribution in [-0.2, 0) is 9.53 Å². The third-order valence-corrected chi connectivity index (χ3v) is 6.50. The fourth-order valence-corrected chi connectivity index (χ4v) is 5.01. The van der Waals surface area contributed by atoms with Crippen molar-refractivity contribution in [2.24, 2.45) is 0 Å². The minimum Gasteiger partial charge on any atom is -0.462 e. The summed E-state index contributed by atoms with van der Waals surface area (Å²) in [4.78, 5) is 40.8. The molecule has 0 unspecified atom stereocenters. The zero-order chi connectivity index (χ0) is 20.5. The Labute approximate surface area is 173 Å². The number of fused-ring (bicyclic) bond motifs is 1. The van der Waals surface area contributed by atoms with Crippen LogP contribution in [0.1, 0.15) is 30.1 Å². The fraction of sp³-hybridized carbons (Fsp3) is 0.579. The fourth-order valence-electron chi connectivity index (χ4n) is 4.10. The number of ether oxygens (including phenoxy) is 1. The molecule has 29 heavy (non-hydrogen) atoms. The number of anilines is 2. The molecule has 0 radical (unpaired) electrons. The molecule has 156 valence electrons. The number of likely N-dealkylation sites (N-methyl/N-ethyl adjacent to an activating group) is 1. The Morgan fingerprint density at radius 2 is 2.00 bits per heavy atom. The van der Waals surface area contributed by atoms with Crippen molar-refractivity contribution in [2.75, 3.05) is 57.0 Å². The molecular formula is C19H26N6O3S. The SMILES string of the molecule is CCOC(=O)c1csc2nc(N)nc(N3CCN(C(=O)[C@@H]4CCCN4C)CC3)c12. The molecular weight excluding hydrogens is 392 g/mol. The Morgan fingerprint density at radius 1 is 1.24 bits per heavy atom. The summed E-state index contributed by atoms with van der Waals surface area (Å²) < 4.78 is 5.19. The number of nitrogens with two attached hydrogens (primary N) is 1. The molecule has 0 saturated carbocycles. The van der Waals surface area contributed by atoms with Crippen molar-refractivity contribution in [1.82, 2.24) is 19.8 Å². The Balaban J connectivity index is 1.55. The van der Waals surface area contributed by atoms with Gasteiger partial charge in [-0.2, -0.15) is 4.98 Å². The van der Waals surface area contributed by atoms with Gasteiger partial charge in [-0.3, -0.25) is 9.69 Å². The van der Waals surface area contributed by atoms with E-state index in [4.69, 9.17) is 10.5 Å². The number of amides is 1. The quantitative estimate of drug-likeness (QED) is 0.739. The highest BCUT2D eigenvalue weighted by Crippen LogP contribution is 2.33. The number of nitrogen functional groups attached to an aromatic ring is 1. The first kappa shape index (κ1) is 19.8. The summed E-state index contributed by atoms with van der Waals surface area (Å²) in [6, 6.07) is -0.00441. The predicted octanol–water partition coefficient (Wildman–Crippen LogP) is 1.19. The van der Waals surface area contributed by atoms with Gasteiger partial charge in [-0.15, -0.1) is 11.3 Å². The van der Waals surface area contributed by atoms with E-state index in [1.54, 1.807) is 12.3 Å². The molecule has 0 aromatic carbocycles. The lowest BCUT2D eigenvalue weighted by Gasteiger charge is -2.37. The van der Waals surface area contributed by atoms with Crippen LogP contribution in [0.15, 0.2) is 5.38 Å². The van der Waals surface area contributed by atoms with E-state index in [0.29, 0.717) is 54.4 Å². The van der Waals surface area contributed by atoms with Crippen molar-refractivity contribution in [1.29, 1.82) is 0 Å². The van der Waals surface area contributed by atoms with Crippen LogP contribution >= 0.6 is 11.3 Å². The molecule has 4 rings (SSSR count). The van der Waals surface area contributed by atoms with Crippen LogP contribution in [0.25, 0.3) is 10.2 Å². The average Bonchev–Trinajstić information content (AvgIpc) is 3.33. The number of esters is 1. The zero-order valence-corrected chi connectivity index (χ0v) is 17.6. The standard InChI is InChI=1S/C19H26N6O3S/c1-3-28-18(27)12-11-29-16-14(12)15(21-19(20)22-16)24-7-9-25(10-8-24)17(26)13-5-4-6-23(13)2/h11,13H,3-10H2,1-2H3,(H2,20,21,22)/t13-/m0/s1. The Morgan fingerprint density at radius 3 is 2.66 bits per heavy atom. The van der Waals surface area contributed by atoms with E-state index in [1.807, 2.05) is 11.9 Å². The highest BCUT2D eigenvalue weighted by molar-refractivity contribution is 7.17. The molecule has 1 atom stereocenters. The summed E-state index contributed by atoms with van der Waals surface area (Å²) in [5, 5.41) is 2.42. The Kier molecular flexibility index (Phi) is 5.55. The molecule has 2 aliphatic heterocycles. The van der Waals surface area contributed by atoms with Crippen molar-refractivity contribution >= 4 is 45.2 Å². The second kappa shape index (κ2) is 8.11. The maximum Gasteiger partial charge on any atom is 0.339 e. The van der Waals surface area contributed by atoms with Crippen molar-refractivity contribution in [2.45, 2.75) is 25.8 Å². The summed E-state index contributed by atoms with van der Waals surface area (Å²) in [7, 11) is 2.01. The number of piperazine rings is 1. The molecule has 2 fully saturated rings. The summed E-state index contributed by atoms with van der Waals surface area (Å²) in [6.45, 7) is 5.56. The normalized spacial score (nSPS) is 20.4. The third kappa shape index (κ3) is 3.74. The summed E-state index contributed by atoms with van der Waals surface area (Å²) >= 11 is 1.35. The molecule has 0 spiro atoms. The number of carbonyl (C=O) groups is 2. The third-order valence-electron chi connectivity index (χ3n) is 5.62. The van der Waals surface area contributed by atoms with Gasteiger partial charge in [0.15, 0.2) is 0 Å². The number of thiophene rings is 1. The number of nitrogens with zero attached hydrogens (tertiary/aromatic N) is 5. The monoisotopic (exact) mass is 418 g/mol. The first-order valence-corrected chi connectivity index (χ1v) is 10.8. The topological polar surface area (TPSA) is 105 Å². The number of hydrogen-bond acceptors (Lipinski definition) is 9. The summed E-state index contributed by atoms with van der Waals surface area (Å²) in [5.41, 5.74) is 6.39. The van der Waals surface area contributed by atoms with Crippen LogP contribution in [0.3, 0.4) is 0 Å². The molecule has 4 heterocycles. The lowest BCUT2D eigenvalue weighted by molar-refractivity contribution is -0.135. The predicted molar refractivity (Wildman–Crippen MR) is 112 cm³/mol. The molecule has 0 bridgehead atoms. The van der Waals surface area contributed by atoms with E-state index in [9.17, 15) is 9.59 Å². The van der Waals surface area contributed by atoms with Gasteiger partial charge >= 0.3 is 5.97 Å². The second-order valence-corrected chi connectivity index (χ2v) is 8.26. The minimum atomic E-state index is -0.383. The molecule has 2 aromatic heterocycles. The molecule has 2 aromatic rings. The highest BCUT2D eigenvalue weighted by atomic mass is 32.1. The molecule has 2 aliphatic rings. The van der Waals surface area contributed by atoms with Gasteiger partial charge < -0.3 is 20.3 Å².